The van der Waals surface area contributed by atoms with Crippen LogP contribution in [0.1, 0.15) is 67.7 Å². The van der Waals surface area contributed by atoms with Crippen LogP contribution >= 0.6 is 0 Å². The Morgan fingerprint density at radius 2 is 1.62 bits per heavy atom. The third-order valence-electron chi connectivity index (χ3n) is 2.77. The second-order valence-electron chi connectivity index (χ2n) is 4.15. The third kappa shape index (κ3) is 7.24. The molecule has 1 fully saturated rings. The van der Waals surface area contributed by atoms with Crippen LogP contribution in [0.5, 0.6) is 0 Å². The quantitative estimate of drug-likeness (QED) is 0.718. The highest BCUT2D eigenvalue weighted by atomic mass is 16.5. The molecule has 100 valence electrons. The minimum absolute atomic E-state index is 0.355. The minimum Gasteiger partial charge on any atom is -0.366 e. The van der Waals surface area contributed by atoms with E-state index in [0.29, 0.717) is 5.54 Å². The first-order valence-electron chi connectivity index (χ1n) is 6.99. The monoisotopic (exact) mass is 231 g/mol. The Kier molecular flexibility index (Phi) is 13.0. The number of hydrogen-bond acceptors (Lipinski definition) is 2. The summed E-state index contributed by atoms with van der Waals surface area (Å²) < 4.78 is 5.43. The van der Waals surface area contributed by atoms with Crippen LogP contribution in [0, 0.1) is 0 Å². The third-order valence-corrected chi connectivity index (χ3v) is 2.77. The second kappa shape index (κ2) is 11.4. The van der Waals surface area contributed by atoms with Crippen molar-refractivity contribution in [2.24, 2.45) is 0 Å². The summed E-state index contributed by atoms with van der Waals surface area (Å²) in [7, 11) is 0. The summed E-state index contributed by atoms with van der Waals surface area (Å²) in [5.41, 5.74) is 0.355. The molecule has 1 aliphatic rings. The molecule has 1 rings (SSSR count). The van der Waals surface area contributed by atoms with Crippen LogP contribution in [0.3, 0.4) is 0 Å². The maximum Gasteiger partial charge on any atom is 0.0994 e. The van der Waals surface area contributed by atoms with Crippen molar-refractivity contribution in [1.29, 1.82) is 0 Å². The Labute approximate surface area is 103 Å². The lowest BCUT2D eigenvalue weighted by Crippen LogP contribution is -2.48. The van der Waals surface area contributed by atoms with Gasteiger partial charge in [0.15, 0.2) is 0 Å². The van der Waals surface area contributed by atoms with E-state index in [0.717, 1.165) is 13.3 Å². The predicted octanol–water partition coefficient (Wildman–Crippen LogP) is 4.30. The van der Waals surface area contributed by atoms with Gasteiger partial charge in [-0.15, -0.1) is 0 Å². The van der Waals surface area contributed by atoms with Gasteiger partial charge in [-0.1, -0.05) is 34.1 Å². The zero-order valence-corrected chi connectivity index (χ0v) is 12.6. The van der Waals surface area contributed by atoms with Gasteiger partial charge in [-0.2, -0.15) is 0 Å². The van der Waals surface area contributed by atoms with Crippen LogP contribution < -0.4 is 0 Å². The summed E-state index contributed by atoms with van der Waals surface area (Å²) in [5.74, 6) is 0. The Bertz CT molecular complexity index is 135. The Hall–Kier alpha value is -0.0800. The summed E-state index contributed by atoms with van der Waals surface area (Å²) in [5, 5.41) is 0. The molecule has 2 nitrogen and oxygen atoms in total. The standard InChI is InChI=1S/C10H21NO.2C2H6/c1-4-12-9-11-8-6-5-7-10(11,2)3;2*1-2/h4-9H2,1-3H3;2*1-2H3. The maximum atomic E-state index is 5.43. The molecular weight excluding hydrogens is 198 g/mol. The number of hydrogen-bond donors (Lipinski definition) is 0. The van der Waals surface area contributed by atoms with E-state index in [1.165, 1.54) is 25.8 Å². The smallest absolute Gasteiger partial charge is 0.0994 e. The highest BCUT2D eigenvalue weighted by Crippen LogP contribution is 2.26. The van der Waals surface area contributed by atoms with Crippen LogP contribution in [-0.4, -0.2) is 30.3 Å². The van der Waals surface area contributed by atoms with Crippen molar-refractivity contribution in [2.45, 2.75) is 73.3 Å². The zero-order valence-electron chi connectivity index (χ0n) is 12.6. The first-order chi connectivity index (χ1) is 7.67. The number of piperidine rings is 1. The van der Waals surface area contributed by atoms with E-state index >= 15 is 0 Å². The number of ether oxygens (including phenoxy) is 1. The number of nitrogens with zero attached hydrogens (tertiary/aromatic N) is 1. The van der Waals surface area contributed by atoms with E-state index in [-0.39, 0.29) is 0 Å². The highest BCUT2D eigenvalue weighted by molar-refractivity contribution is 4.83. The van der Waals surface area contributed by atoms with Crippen molar-refractivity contribution in [1.82, 2.24) is 4.90 Å². The molecule has 0 spiro atoms. The normalized spacial score (nSPS) is 18.9. The lowest BCUT2D eigenvalue weighted by atomic mass is 9.91. The van der Waals surface area contributed by atoms with Crippen LogP contribution in [-0.2, 0) is 4.74 Å². The maximum absolute atomic E-state index is 5.43. The fraction of sp³-hybridized carbons (Fsp3) is 1.00. The molecule has 0 bridgehead atoms. The van der Waals surface area contributed by atoms with Crippen LogP contribution in [0.4, 0.5) is 0 Å². The molecule has 0 N–H and O–H groups in total. The van der Waals surface area contributed by atoms with Gasteiger partial charge in [0.1, 0.15) is 0 Å². The lowest BCUT2D eigenvalue weighted by molar-refractivity contribution is -0.0377. The molecule has 0 aromatic carbocycles. The fourth-order valence-electron chi connectivity index (χ4n) is 1.76. The largest absolute Gasteiger partial charge is 0.366 e. The molecule has 0 atom stereocenters. The molecule has 0 saturated carbocycles. The second-order valence-corrected chi connectivity index (χ2v) is 4.15. The van der Waals surface area contributed by atoms with Gasteiger partial charge in [-0.25, -0.2) is 0 Å². The van der Waals surface area contributed by atoms with Crippen LogP contribution in [0.15, 0.2) is 0 Å². The van der Waals surface area contributed by atoms with Gasteiger partial charge in [0, 0.05) is 18.7 Å². The van der Waals surface area contributed by atoms with Gasteiger partial charge in [0.2, 0.25) is 0 Å². The van der Waals surface area contributed by atoms with Gasteiger partial charge in [0.25, 0.3) is 0 Å². The molecule has 0 aromatic rings. The predicted molar refractivity (Wildman–Crippen MR) is 73.8 cm³/mol. The first-order valence-corrected chi connectivity index (χ1v) is 6.99. The van der Waals surface area contributed by atoms with Crippen LogP contribution in [0.2, 0.25) is 0 Å². The molecule has 0 amide bonds. The van der Waals surface area contributed by atoms with Gasteiger partial charge in [-0.3, -0.25) is 4.90 Å². The molecule has 16 heavy (non-hydrogen) atoms. The molecule has 0 aliphatic carbocycles. The average molecular weight is 231 g/mol. The van der Waals surface area contributed by atoms with E-state index in [2.05, 4.69) is 25.7 Å². The molecule has 1 aliphatic heterocycles. The van der Waals surface area contributed by atoms with E-state index in [4.69, 9.17) is 4.74 Å². The van der Waals surface area contributed by atoms with Crippen molar-refractivity contribution in [2.75, 3.05) is 19.9 Å². The van der Waals surface area contributed by atoms with Crippen molar-refractivity contribution in [3.63, 3.8) is 0 Å². The first kappa shape index (κ1) is 18.3. The minimum atomic E-state index is 0.355. The van der Waals surface area contributed by atoms with Crippen LogP contribution in [0.25, 0.3) is 0 Å². The van der Waals surface area contributed by atoms with Crippen molar-refractivity contribution < 1.29 is 4.74 Å². The van der Waals surface area contributed by atoms with E-state index < -0.39 is 0 Å². The number of likely N-dealkylation sites (tertiary alicyclic amines) is 1. The number of rotatable bonds is 3. The summed E-state index contributed by atoms with van der Waals surface area (Å²) in [4.78, 5) is 2.44. The summed E-state index contributed by atoms with van der Waals surface area (Å²) in [6.45, 7) is 17.5. The van der Waals surface area contributed by atoms with Crippen molar-refractivity contribution in [3.8, 4) is 0 Å². The summed E-state index contributed by atoms with van der Waals surface area (Å²) >= 11 is 0. The Morgan fingerprint density at radius 3 is 2.06 bits per heavy atom. The fourth-order valence-corrected chi connectivity index (χ4v) is 1.76. The van der Waals surface area contributed by atoms with Gasteiger partial charge in [0.05, 0.1) is 6.73 Å². The summed E-state index contributed by atoms with van der Waals surface area (Å²) in [6, 6.07) is 0. The zero-order chi connectivity index (χ0) is 13.0. The van der Waals surface area contributed by atoms with Crippen molar-refractivity contribution >= 4 is 0 Å². The van der Waals surface area contributed by atoms with Gasteiger partial charge in [-0.05, 0) is 33.6 Å². The SMILES string of the molecule is CC.CC.CCOCN1CCCCC1(C)C. The molecule has 1 heterocycles. The summed E-state index contributed by atoms with van der Waals surface area (Å²) in [6.07, 6.45) is 4.01. The highest BCUT2D eigenvalue weighted by Gasteiger charge is 2.28. The van der Waals surface area contributed by atoms with E-state index in [1.807, 2.05) is 27.7 Å². The molecule has 1 saturated heterocycles. The molecule has 0 radical (unpaired) electrons. The molecule has 0 aromatic heterocycles. The van der Waals surface area contributed by atoms with Gasteiger partial charge >= 0.3 is 0 Å². The van der Waals surface area contributed by atoms with Crippen molar-refractivity contribution in [3.05, 3.63) is 0 Å². The molecule has 2 heteroatoms. The molecular formula is C14H33NO. The van der Waals surface area contributed by atoms with Gasteiger partial charge < -0.3 is 4.74 Å². The topological polar surface area (TPSA) is 12.5 Å². The van der Waals surface area contributed by atoms with E-state index in [1.54, 1.807) is 0 Å². The molecule has 0 unspecified atom stereocenters. The van der Waals surface area contributed by atoms with E-state index in [9.17, 15) is 0 Å². The Morgan fingerprint density at radius 1 is 1.06 bits per heavy atom. The Balaban J connectivity index is 0. The average Bonchev–Trinajstić information content (AvgIpc) is 2.32. The lowest BCUT2D eigenvalue weighted by Gasteiger charge is -2.42.